The Kier molecular flexibility index (Phi) is 4.72. The van der Waals surface area contributed by atoms with E-state index < -0.39 is 0 Å². The molecular weight excluding hydrogens is 266 g/mol. The third-order valence-electron chi connectivity index (χ3n) is 3.02. The van der Waals surface area contributed by atoms with Crippen LogP contribution in [0.3, 0.4) is 0 Å². The molecule has 0 radical (unpaired) electrons. The number of ether oxygens (including phenoxy) is 1. The number of aromatic nitrogens is 2. The van der Waals surface area contributed by atoms with Crippen molar-refractivity contribution in [2.45, 2.75) is 26.8 Å². The lowest BCUT2D eigenvalue weighted by atomic mass is 10.1. The summed E-state index contributed by atoms with van der Waals surface area (Å²) in [5, 5.41) is 13.4. The van der Waals surface area contributed by atoms with E-state index in [0.717, 1.165) is 12.0 Å². The van der Waals surface area contributed by atoms with Gasteiger partial charge < -0.3 is 4.74 Å². The van der Waals surface area contributed by atoms with Gasteiger partial charge in [-0.25, -0.2) is 4.68 Å². The van der Waals surface area contributed by atoms with Crippen LogP contribution < -0.4 is 10.3 Å². The van der Waals surface area contributed by atoms with Gasteiger partial charge in [0.1, 0.15) is 17.4 Å². The van der Waals surface area contributed by atoms with Gasteiger partial charge in [-0.3, -0.25) is 4.79 Å². The van der Waals surface area contributed by atoms with Gasteiger partial charge >= 0.3 is 0 Å². The molecule has 1 heterocycles. The number of benzene rings is 1. The van der Waals surface area contributed by atoms with E-state index in [1.165, 1.54) is 10.7 Å². The zero-order valence-electron chi connectivity index (χ0n) is 12.2. The monoisotopic (exact) mass is 283 g/mol. The first-order valence-electron chi connectivity index (χ1n) is 6.95. The zero-order valence-corrected chi connectivity index (χ0v) is 12.2. The molecule has 0 aliphatic heterocycles. The van der Waals surface area contributed by atoms with Gasteiger partial charge in [-0.05, 0) is 31.5 Å². The fourth-order valence-electron chi connectivity index (χ4n) is 1.98. The van der Waals surface area contributed by atoms with Gasteiger partial charge in [0.05, 0.1) is 12.3 Å². The summed E-state index contributed by atoms with van der Waals surface area (Å²) in [6, 6.07) is 10.9. The number of hydrogen-bond donors (Lipinski definition) is 0. The minimum atomic E-state index is -0.365. The van der Waals surface area contributed by atoms with Crippen molar-refractivity contribution in [3.8, 4) is 23.1 Å². The summed E-state index contributed by atoms with van der Waals surface area (Å²) in [5.74, 6) is 0.706. The van der Waals surface area contributed by atoms with Crippen LogP contribution in [-0.4, -0.2) is 16.4 Å². The van der Waals surface area contributed by atoms with E-state index in [2.05, 4.69) is 5.10 Å². The molecule has 1 aromatic carbocycles. The summed E-state index contributed by atoms with van der Waals surface area (Å²) in [4.78, 5) is 11.9. The fraction of sp³-hybridized carbons (Fsp3) is 0.312. The van der Waals surface area contributed by atoms with Gasteiger partial charge in [0.25, 0.3) is 5.56 Å². The minimum absolute atomic E-state index is 0.0899. The van der Waals surface area contributed by atoms with E-state index >= 15 is 0 Å². The first-order chi connectivity index (χ1) is 10.2. The van der Waals surface area contributed by atoms with Crippen molar-refractivity contribution in [3.63, 3.8) is 0 Å². The van der Waals surface area contributed by atoms with Crippen molar-refractivity contribution in [1.82, 2.24) is 9.78 Å². The molecule has 2 aromatic rings. The Morgan fingerprint density at radius 3 is 2.76 bits per heavy atom. The second-order valence-electron chi connectivity index (χ2n) is 4.52. The Bertz CT molecular complexity index is 729. The second-order valence-corrected chi connectivity index (χ2v) is 4.52. The molecule has 1 aromatic heterocycles. The predicted octanol–water partition coefficient (Wildman–Crippen LogP) is 2.59. The van der Waals surface area contributed by atoms with Crippen LogP contribution >= 0.6 is 0 Å². The highest BCUT2D eigenvalue weighted by Crippen LogP contribution is 2.28. The van der Waals surface area contributed by atoms with E-state index in [1.807, 2.05) is 44.2 Å². The Hall–Kier alpha value is -2.61. The molecule has 0 saturated carbocycles. The van der Waals surface area contributed by atoms with Gasteiger partial charge in [-0.2, -0.15) is 10.4 Å². The van der Waals surface area contributed by atoms with E-state index in [-0.39, 0.29) is 11.1 Å². The van der Waals surface area contributed by atoms with Gasteiger partial charge in [0.2, 0.25) is 0 Å². The molecule has 0 fully saturated rings. The van der Waals surface area contributed by atoms with Crippen LogP contribution in [0.5, 0.6) is 5.75 Å². The zero-order chi connectivity index (χ0) is 15.2. The molecule has 0 atom stereocenters. The van der Waals surface area contributed by atoms with Crippen LogP contribution in [-0.2, 0) is 6.54 Å². The number of aryl methyl sites for hydroxylation is 1. The highest BCUT2D eigenvalue weighted by atomic mass is 16.5. The number of rotatable bonds is 5. The Labute approximate surface area is 123 Å². The molecule has 0 aliphatic rings. The Morgan fingerprint density at radius 2 is 2.10 bits per heavy atom. The maximum atomic E-state index is 11.9. The number of nitriles is 1. The van der Waals surface area contributed by atoms with E-state index in [0.29, 0.717) is 24.6 Å². The lowest BCUT2D eigenvalue weighted by Gasteiger charge is -2.11. The molecule has 0 aliphatic carbocycles. The maximum Gasteiger partial charge on any atom is 0.284 e. The molecule has 0 N–H and O–H groups in total. The lowest BCUT2D eigenvalue weighted by Crippen LogP contribution is -2.24. The molecular formula is C16H17N3O2. The van der Waals surface area contributed by atoms with Gasteiger partial charge in [-0.1, -0.05) is 19.1 Å². The number of nitrogens with zero attached hydrogens (tertiary/aromatic N) is 3. The third kappa shape index (κ3) is 3.11. The largest absolute Gasteiger partial charge is 0.493 e. The molecule has 21 heavy (non-hydrogen) atoms. The van der Waals surface area contributed by atoms with Crippen LogP contribution in [0.15, 0.2) is 35.1 Å². The van der Waals surface area contributed by atoms with Crippen LogP contribution in [0.25, 0.3) is 11.3 Å². The first kappa shape index (κ1) is 14.8. The molecule has 0 amide bonds. The van der Waals surface area contributed by atoms with E-state index in [9.17, 15) is 4.79 Å². The van der Waals surface area contributed by atoms with Crippen LogP contribution in [0.4, 0.5) is 0 Å². The number of para-hydroxylation sites is 1. The summed E-state index contributed by atoms with van der Waals surface area (Å²) in [6.45, 7) is 4.87. The van der Waals surface area contributed by atoms with Crippen LogP contribution in [0.1, 0.15) is 25.8 Å². The molecule has 0 saturated heterocycles. The highest BCUT2D eigenvalue weighted by molar-refractivity contribution is 5.67. The minimum Gasteiger partial charge on any atom is -0.493 e. The summed E-state index contributed by atoms with van der Waals surface area (Å²) in [7, 11) is 0. The maximum absolute atomic E-state index is 11.9. The summed E-state index contributed by atoms with van der Waals surface area (Å²) in [5.41, 5.74) is 1.08. The number of hydrogen-bond acceptors (Lipinski definition) is 4. The van der Waals surface area contributed by atoms with Crippen molar-refractivity contribution >= 4 is 0 Å². The van der Waals surface area contributed by atoms with Crippen molar-refractivity contribution in [3.05, 3.63) is 46.2 Å². The SMILES string of the molecule is CCCOc1ccccc1-c1cc(C#N)c(=O)n(CC)n1. The van der Waals surface area contributed by atoms with E-state index in [1.54, 1.807) is 0 Å². The quantitative estimate of drug-likeness (QED) is 0.845. The van der Waals surface area contributed by atoms with Crippen molar-refractivity contribution < 1.29 is 4.74 Å². The highest BCUT2D eigenvalue weighted by Gasteiger charge is 2.12. The summed E-state index contributed by atoms with van der Waals surface area (Å²) in [6.07, 6.45) is 0.902. The Balaban J connectivity index is 2.57. The van der Waals surface area contributed by atoms with Gasteiger partial charge in [-0.15, -0.1) is 0 Å². The predicted molar refractivity (Wildman–Crippen MR) is 80.1 cm³/mol. The molecule has 5 nitrogen and oxygen atoms in total. The average Bonchev–Trinajstić information content (AvgIpc) is 2.53. The topological polar surface area (TPSA) is 67.9 Å². The third-order valence-corrected chi connectivity index (χ3v) is 3.02. The molecule has 5 heteroatoms. The molecule has 0 unspecified atom stereocenters. The molecule has 108 valence electrons. The van der Waals surface area contributed by atoms with Crippen LogP contribution in [0.2, 0.25) is 0 Å². The molecule has 0 bridgehead atoms. The normalized spacial score (nSPS) is 10.1. The Morgan fingerprint density at radius 1 is 1.33 bits per heavy atom. The van der Waals surface area contributed by atoms with Gasteiger partial charge in [0, 0.05) is 12.1 Å². The van der Waals surface area contributed by atoms with Crippen molar-refractivity contribution in [2.24, 2.45) is 0 Å². The fourth-order valence-corrected chi connectivity index (χ4v) is 1.98. The van der Waals surface area contributed by atoms with E-state index in [4.69, 9.17) is 10.00 Å². The summed E-state index contributed by atoms with van der Waals surface area (Å²) < 4.78 is 7.00. The first-order valence-corrected chi connectivity index (χ1v) is 6.95. The molecule has 2 rings (SSSR count). The molecule has 0 spiro atoms. The lowest BCUT2D eigenvalue weighted by molar-refractivity contribution is 0.318. The smallest absolute Gasteiger partial charge is 0.284 e. The van der Waals surface area contributed by atoms with Crippen molar-refractivity contribution in [2.75, 3.05) is 6.61 Å². The average molecular weight is 283 g/mol. The van der Waals surface area contributed by atoms with Gasteiger partial charge in [0.15, 0.2) is 0 Å². The summed E-state index contributed by atoms with van der Waals surface area (Å²) >= 11 is 0. The standard InChI is InChI=1S/C16H17N3O2/c1-3-9-21-15-8-6-5-7-13(15)14-10-12(11-17)16(20)19(4-2)18-14/h5-8,10H,3-4,9H2,1-2H3. The van der Waals surface area contributed by atoms with Crippen LogP contribution in [0, 0.1) is 11.3 Å². The van der Waals surface area contributed by atoms with Crippen molar-refractivity contribution in [1.29, 1.82) is 5.26 Å². The second kappa shape index (κ2) is 6.71.